The van der Waals surface area contributed by atoms with Gasteiger partial charge in [0.25, 0.3) is 0 Å². The number of aromatic carboxylic acids is 1. The van der Waals surface area contributed by atoms with E-state index >= 15 is 0 Å². The molecule has 0 radical (unpaired) electrons. The Labute approximate surface area is 180 Å². The maximum Gasteiger partial charge on any atom is 0.341 e. The quantitative estimate of drug-likeness (QED) is 0.410. The molecule has 1 N–H and O–H groups in total. The molecule has 0 saturated heterocycles. The molecule has 0 amide bonds. The molecule has 0 atom stereocenters. The molecule has 4 heteroatoms. The fourth-order valence-electron chi connectivity index (χ4n) is 5.90. The van der Waals surface area contributed by atoms with Crippen molar-refractivity contribution < 1.29 is 18.7 Å². The highest BCUT2D eigenvalue weighted by molar-refractivity contribution is 5.88. The molecule has 1 aromatic rings. The third-order valence-corrected chi connectivity index (χ3v) is 7.73. The first-order valence-corrected chi connectivity index (χ1v) is 12.2. The molecule has 2 fully saturated rings. The number of carboxylic acid groups (broad SMARTS) is 1. The van der Waals surface area contributed by atoms with Crippen molar-refractivity contribution in [2.45, 2.75) is 103 Å². The summed E-state index contributed by atoms with van der Waals surface area (Å²) in [4.78, 5) is 11.0. The van der Waals surface area contributed by atoms with E-state index < -0.39 is 23.2 Å². The van der Waals surface area contributed by atoms with Crippen LogP contribution in [0.5, 0.6) is 0 Å². The summed E-state index contributed by atoms with van der Waals surface area (Å²) in [5.74, 6) is -0.641. The second-order valence-electron chi connectivity index (χ2n) is 9.84. The van der Waals surface area contributed by atoms with Gasteiger partial charge in [0.15, 0.2) is 0 Å². The molecule has 0 aliphatic heterocycles. The number of rotatable bonds is 9. The van der Waals surface area contributed by atoms with Gasteiger partial charge in [-0.2, -0.15) is 0 Å². The van der Waals surface area contributed by atoms with Gasteiger partial charge < -0.3 is 5.11 Å². The summed E-state index contributed by atoms with van der Waals surface area (Å²) >= 11 is 0. The number of benzene rings is 1. The summed E-state index contributed by atoms with van der Waals surface area (Å²) in [7, 11) is 0. The average Bonchev–Trinajstić information content (AvgIpc) is 2.72. The minimum atomic E-state index is -1.55. The maximum atomic E-state index is 14.0. The highest BCUT2D eigenvalue weighted by Gasteiger charge is 2.26. The van der Waals surface area contributed by atoms with Crippen LogP contribution in [0.25, 0.3) is 0 Å². The van der Waals surface area contributed by atoms with Crippen molar-refractivity contribution in [3.05, 3.63) is 34.9 Å². The van der Waals surface area contributed by atoms with Crippen LogP contribution in [0.15, 0.2) is 12.1 Å². The minimum absolute atomic E-state index is 0.145. The fourth-order valence-corrected chi connectivity index (χ4v) is 5.90. The molecule has 0 bridgehead atoms. The van der Waals surface area contributed by atoms with Gasteiger partial charge in [0.2, 0.25) is 0 Å². The van der Waals surface area contributed by atoms with Gasteiger partial charge in [-0.1, -0.05) is 71.1 Å². The first-order chi connectivity index (χ1) is 14.5. The standard InChI is InChI=1S/C26H38F2O2/c1-2-5-18-8-10-19(11-9-18)6-3-4-7-20-12-14-21(15-13-20)22-16-23(27)25(26(29)30)24(28)17-22/h16-21H,2-15H2,1H3,(H,29,30)/t18-,19-,20?,21?. The van der Waals surface area contributed by atoms with Crippen LogP contribution in [0, 0.1) is 29.4 Å². The molecule has 2 aliphatic rings. The predicted molar refractivity (Wildman–Crippen MR) is 117 cm³/mol. The minimum Gasteiger partial charge on any atom is -0.477 e. The first kappa shape index (κ1) is 23.2. The van der Waals surface area contributed by atoms with Gasteiger partial charge in [-0.15, -0.1) is 0 Å². The zero-order chi connectivity index (χ0) is 21.5. The molecule has 2 saturated carbocycles. The lowest BCUT2D eigenvalue weighted by Gasteiger charge is -2.30. The lowest BCUT2D eigenvalue weighted by atomic mass is 9.76. The van der Waals surface area contributed by atoms with Crippen LogP contribution >= 0.6 is 0 Å². The summed E-state index contributed by atoms with van der Waals surface area (Å²) < 4.78 is 28.0. The summed E-state index contributed by atoms with van der Waals surface area (Å²) in [6.45, 7) is 2.30. The van der Waals surface area contributed by atoms with Crippen molar-refractivity contribution in [1.29, 1.82) is 0 Å². The molecule has 0 spiro atoms. The molecule has 3 rings (SSSR count). The molecular formula is C26H38F2O2. The Bertz CT molecular complexity index is 663. The number of carbonyl (C=O) groups is 1. The third-order valence-electron chi connectivity index (χ3n) is 7.73. The number of halogens is 2. The zero-order valence-corrected chi connectivity index (χ0v) is 18.5. The highest BCUT2D eigenvalue weighted by Crippen LogP contribution is 2.39. The largest absolute Gasteiger partial charge is 0.477 e. The van der Waals surface area contributed by atoms with E-state index in [0.29, 0.717) is 5.56 Å². The van der Waals surface area contributed by atoms with Crippen molar-refractivity contribution in [3.63, 3.8) is 0 Å². The van der Waals surface area contributed by atoms with Crippen LogP contribution in [-0.2, 0) is 0 Å². The Balaban J connectivity index is 1.35. The van der Waals surface area contributed by atoms with Crippen LogP contribution in [-0.4, -0.2) is 11.1 Å². The normalized spacial score (nSPS) is 27.2. The molecule has 0 aromatic heterocycles. The van der Waals surface area contributed by atoms with E-state index in [1.807, 2.05) is 0 Å². The molecule has 0 heterocycles. The highest BCUT2D eigenvalue weighted by atomic mass is 19.1. The zero-order valence-electron chi connectivity index (χ0n) is 18.5. The molecule has 30 heavy (non-hydrogen) atoms. The Morgan fingerprint density at radius 3 is 1.70 bits per heavy atom. The van der Waals surface area contributed by atoms with Gasteiger partial charge in [-0.05, 0) is 67.1 Å². The van der Waals surface area contributed by atoms with E-state index in [4.69, 9.17) is 5.11 Å². The third kappa shape index (κ3) is 6.28. The maximum absolute atomic E-state index is 14.0. The second kappa shape index (κ2) is 11.2. The summed E-state index contributed by atoms with van der Waals surface area (Å²) in [5, 5.41) is 8.92. The number of hydrogen-bond acceptors (Lipinski definition) is 1. The van der Waals surface area contributed by atoms with Crippen LogP contribution < -0.4 is 0 Å². The van der Waals surface area contributed by atoms with E-state index in [-0.39, 0.29) is 5.92 Å². The Hall–Kier alpha value is -1.45. The van der Waals surface area contributed by atoms with E-state index in [1.54, 1.807) is 0 Å². The van der Waals surface area contributed by atoms with Crippen molar-refractivity contribution in [3.8, 4) is 0 Å². The number of hydrogen-bond donors (Lipinski definition) is 1. The molecule has 168 valence electrons. The lowest BCUT2D eigenvalue weighted by Crippen LogP contribution is -2.16. The lowest BCUT2D eigenvalue weighted by molar-refractivity contribution is 0.0686. The van der Waals surface area contributed by atoms with Crippen LogP contribution in [0.4, 0.5) is 8.78 Å². The summed E-state index contributed by atoms with van der Waals surface area (Å²) in [5.41, 5.74) is -0.224. The van der Waals surface area contributed by atoms with E-state index in [2.05, 4.69) is 6.92 Å². The topological polar surface area (TPSA) is 37.3 Å². The van der Waals surface area contributed by atoms with Gasteiger partial charge >= 0.3 is 5.97 Å². The van der Waals surface area contributed by atoms with E-state index in [9.17, 15) is 13.6 Å². The smallest absolute Gasteiger partial charge is 0.341 e. The van der Waals surface area contributed by atoms with E-state index in [1.165, 1.54) is 76.3 Å². The van der Waals surface area contributed by atoms with Crippen molar-refractivity contribution in [2.75, 3.05) is 0 Å². The van der Waals surface area contributed by atoms with Gasteiger partial charge in [0.05, 0.1) is 0 Å². The van der Waals surface area contributed by atoms with Crippen LogP contribution in [0.1, 0.15) is 119 Å². The SMILES string of the molecule is CCC[C@H]1CC[C@H](CCCCC2CCC(c3cc(F)c(C(=O)O)c(F)c3)CC2)CC1. The van der Waals surface area contributed by atoms with Crippen LogP contribution in [0.3, 0.4) is 0 Å². The van der Waals surface area contributed by atoms with Crippen molar-refractivity contribution in [1.82, 2.24) is 0 Å². The first-order valence-electron chi connectivity index (χ1n) is 12.2. The molecule has 2 nitrogen and oxygen atoms in total. The van der Waals surface area contributed by atoms with Crippen LogP contribution in [0.2, 0.25) is 0 Å². The average molecular weight is 421 g/mol. The van der Waals surface area contributed by atoms with Gasteiger partial charge in [-0.25, -0.2) is 13.6 Å². The molecule has 2 aliphatic carbocycles. The van der Waals surface area contributed by atoms with Gasteiger partial charge in [0, 0.05) is 0 Å². The summed E-state index contributed by atoms with van der Waals surface area (Å²) in [6.07, 6.45) is 17.9. The fraction of sp³-hybridized carbons (Fsp3) is 0.731. The monoisotopic (exact) mass is 420 g/mol. The van der Waals surface area contributed by atoms with Crippen molar-refractivity contribution >= 4 is 5.97 Å². The van der Waals surface area contributed by atoms with Gasteiger partial charge in [0.1, 0.15) is 17.2 Å². The number of carboxylic acids is 1. The summed E-state index contributed by atoms with van der Waals surface area (Å²) in [6, 6.07) is 2.46. The second-order valence-corrected chi connectivity index (χ2v) is 9.84. The molecule has 0 unspecified atom stereocenters. The molecular weight excluding hydrogens is 382 g/mol. The Kier molecular flexibility index (Phi) is 8.71. The Morgan fingerprint density at radius 1 is 0.833 bits per heavy atom. The van der Waals surface area contributed by atoms with E-state index in [0.717, 1.165) is 43.4 Å². The van der Waals surface area contributed by atoms with Gasteiger partial charge in [-0.3, -0.25) is 0 Å². The number of unbranched alkanes of at least 4 members (excludes halogenated alkanes) is 1. The molecule has 1 aromatic carbocycles. The predicted octanol–water partition coefficient (Wildman–Crippen LogP) is 8.10. The van der Waals surface area contributed by atoms with Crippen molar-refractivity contribution in [2.24, 2.45) is 17.8 Å². The Morgan fingerprint density at radius 2 is 1.27 bits per heavy atom.